The molecule has 0 saturated heterocycles. The van der Waals surface area contributed by atoms with Crippen LogP contribution in [0.3, 0.4) is 0 Å². The van der Waals surface area contributed by atoms with Crippen LogP contribution < -0.4 is 5.32 Å². The number of hydrogen-bond acceptors (Lipinski definition) is 2. The maximum absolute atomic E-state index is 12.5. The largest absolute Gasteiger partial charge is 0.396 e. The topological polar surface area (TPSA) is 49.3 Å². The van der Waals surface area contributed by atoms with Crippen molar-refractivity contribution in [3.63, 3.8) is 0 Å². The summed E-state index contributed by atoms with van der Waals surface area (Å²) in [6.45, 7) is 0.159. The first kappa shape index (κ1) is 17.2. The van der Waals surface area contributed by atoms with Crippen molar-refractivity contribution in [2.45, 2.75) is 31.7 Å². The molecule has 0 radical (unpaired) electrons. The van der Waals surface area contributed by atoms with Gasteiger partial charge in [0.2, 0.25) is 0 Å². The van der Waals surface area contributed by atoms with Crippen molar-refractivity contribution >= 4 is 73.7 Å². The fourth-order valence-electron chi connectivity index (χ4n) is 2.58. The number of aliphatic hydroxyl groups excluding tert-OH is 1. The van der Waals surface area contributed by atoms with Gasteiger partial charge < -0.3 is 10.4 Å². The minimum Gasteiger partial charge on any atom is -0.396 e. The molecule has 110 valence electrons. The van der Waals surface area contributed by atoms with Crippen LogP contribution in [0.2, 0.25) is 0 Å². The van der Waals surface area contributed by atoms with E-state index in [2.05, 4.69) is 79.2 Å². The molecule has 3 nitrogen and oxygen atoms in total. The van der Waals surface area contributed by atoms with E-state index in [1.807, 2.05) is 6.07 Å². The Kier molecular flexibility index (Phi) is 6.80. The molecule has 2 atom stereocenters. The molecule has 6 heteroatoms. The van der Waals surface area contributed by atoms with E-state index in [1.165, 1.54) is 0 Å². The zero-order chi connectivity index (χ0) is 14.7. The van der Waals surface area contributed by atoms with Crippen molar-refractivity contribution in [1.29, 1.82) is 0 Å². The van der Waals surface area contributed by atoms with Crippen LogP contribution in [0.15, 0.2) is 12.1 Å². The van der Waals surface area contributed by atoms with Gasteiger partial charge in [-0.3, -0.25) is 4.79 Å². The summed E-state index contributed by atoms with van der Waals surface area (Å²) in [4.78, 5) is 12.5. The van der Waals surface area contributed by atoms with Crippen molar-refractivity contribution in [3.8, 4) is 0 Å². The molecule has 1 fully saturated rings. The molecule has 0 bridgehead atoms. The van der Waals surface area contributed by atoms with Crippen LogP contribution >= 0.6 is 67.8 Å². The molecule has 0 aliphatic heterocycles. The van der Waals surface area contributed by atoms with E-state index >= 15 is 0 Å². The van der Waals surface area contributed by atoms with Crippen LogP contribution in [0.4, 0.5) is 0 Å². The molecule has 2 unspecified atom stereocenters. The molecule has 1 aromatic rings. The van der Waals surface area contributed by atoms with E-state index in [0.29, 0.717) is 0 Å². The molecule has 2 rings (SSSR count). The molecule has 2 N–H and O–H groups in total. The molecule has 20 heavy (non-hydrogen) atoms. The average molecular weight is 611 g/mol. The van der Waals surface area contributed by atoms with Crippen molar-refractivity contribution < 1.29 is 9.90 Å². The normalized spacial score (nSPS) is 22.6. The predicted molar refractivity (Wildman–Crippen MR) is 105 cm³/mol. The molecule has 1 aliphatic carbocycles. The number of benzene rings is 1. The first-order valence-corrected chi connectivity index (χ1v) is 9.82. The van der Waals surface area contributed by atoms with Crippen LogP contribution in [-0.4, -0.2) is 23.7 Å². The molecular formula is C14H16I3NO2. The number of nitrogens with one attached hydrogen (secondary N) is 1. The van der Waals surface area contributed by atoms with Crippen LogP contribution in [0, 0.1) is 16.6 Å². The maximum Gasteiger partial charge on any atom is 0.252 e. The van der Waals surface area contributed by atoms with Crippen molar-refractivity contribution in [2.75, 3.05) is 6.61 Å². The third kappa shape index (κ3) is 4.19. The van der Waals surface area contributed by atoms with Gasteiger partial charge in [-0.25, -0.2) is 0 Å². The van der Waals surface area contributed by atoms with Crippen LogP contribution in [0.5, 0.6) is 0 Å². The number of halogens is 3. The summed E-state index contributed by atoms with van der Waals surface area (Å²) in [6, 6.07) is 4.10. The Morgan fingerprint density at radius 2 is 1.95 bits per heavy atom. The minimum atomic E-state index is -0.0174. The second-order valence-corrected chi connectivity index (χ2v) is 8.54. The zero-order valence-electron chi connectivity index (χ0n) is 10.8. The Morgan fingerprint density at radius 1 is 1.25 bits per heavy atom. The van der Waals surface area contributed by atoms with Gasteiger partial charge in [-0.15, -0.1) is 0 Å². The van der Waals surface area contributed by atoms with E-state index in [0.717, 1.165) is 42.0 Å². The molecule has 0 aromatic heterocycles. The number of rotatable bonds is 3. The summed E-state index contributed by atoms with van der Waals surface area (Å²) in [5.74, 6) is 0.184. The summed E-state index contributed by atoms with van der Waals surface area (Å²) < 4.78 is 3.17. The van der Waals surface area contributed by atoms with Crippen LogP contribution in [0.1, 0.15) is 36.0 Å². The first-order valence-electron chi connectivity index (χ1n) is 6.59. The summed E-state index contributed by atoms with van der Waals surface area (Å²) in [5, 5.41) is 12.6. The van der Waals surface area contributed by atoms with Crippen LogP contribution in [-0.2, 0) is 0 Å². The van der Waals surface area contributed by atoms with Gasteiger partial charge in [0.1, 0.15) is 0 Å². The Bertz CT molecular complexity index is 507. The zero-order valence-corrected chi connectivity index (χ0v) is 17.3. The Balaban J connectivity index is 2.15. The van der Waals surface area contributed by atoms with Crippen molar-refractivity contribution in [2.24, 2.45) is 5.92 Å². The molecule has 1 aliphatic rings. The SMILES string of the molecule is O=C(NC1CCCCC1CO)c1cc(I)cc(I)c1I. The highest BCUT2D eigenvalue weighted by molar-refractivity contribution is 14.1. The number of carbonyl (C=O) groups excluding carboxylic acids is 1. The number of carbonyl (C=O) groups is 1. The lowest BCUT2D eigenvalue weighted by Crippen LogP contribution is -2.43. The van der Waals surface area contributed by atoms with Crippen molar-refractivity contribution in [1.82, 2.24) is 5.32 Å². The highest BCUT2D eigenvalue weighted by Crippen LogP contribution is 2.26. The third-order valence-electron chi connectivity index (χ3n) is 3.70. The van der Waals surface area contributed by atoms with Gasteiger partial charge in [0, 0.05) is 29.3 Å². The Hall–Kier alpha value is 0.840. The molecular weight excluding hydrogens is 595 g/mol. The fourth-order valence-corrected chi connectivity index (χ4v) is 4.98. The summed E-state index contributed by atoms with van der Waals surface area (Å²) in [7, 11) is 0. The molecule has 0 heterocycles. The maximum atomic E-state index is 12.5. The van der Waals surface area contributed by atoms with Gasteiger partial charge in [0.15, 0.2) is 0 Å². The lowest BCUT2D eigenvalue weighted by atomic mass is 9.85. The van der Waals surface area contributed by atoms with Gasteiger partial charge >= 0.3 is 0 Å². The molecule has 1 saturated carbocycles. The molecule has 0 spiro atoms. The first-order chi connectivity index (χ1) is 9.52. The smallest absolute Gasteiger partial charge is 0.252 e. The van der Waals surface area contributed by atoms with Gasteiger partial charge in [-0.05, 0) is 92.7 Å². The van der Waals surface area contributed by atoms with E-state index in [4.69, 9.17) is 0 Å². The monoisotopic (exact) mass is 611 g/mol. The molecule has 1 aromatic carbocycles. The van der Waals surface area contributed by atoms with E-state index in [9.17, 15) is 9.90 Å². The second-order valence-electron chi connectivity index (χ2n) is 5.06. The van der Waals surface area contributed by atoms with E-state index in [1.54, 1.807) is 0 Å². The number of hydrogen-bond donors (Lipinski definition) is 2. The highest BCUT2D eigenvalue weighted by Gasteiger charge is 2.27. The summed E-state index contributed by atoms with van der Waals surface area (Å²) in [6.07, 6.45) is 4.25. The van der Waals surface area contributed by atoms with Crippen molar-refractivity contribution in [3.05, 3.63) is 28.4 Å². The Morgan fingerprint density at radius 3 is 2.65 bits per heavy atom. The number of aliphatic hydroxyl groups is 1. The van der Waals surface area contributed by atoms with E-state index in [-0.39, 0.29) is 24.5 Å². The standard InChI is InChI=1S/C14H16I3NO2/c15-9-5-10(13(17)11(16)6-9)14(20)18-12-4-2-1-3-8(12)7-19/h5-6,8,12,19H,1-4,7H2,(H,18,20). The van der Waals surface area contributed by atoms with E-state index < -0.39 is 0 Å². The van der Waals surface area contributed by atoms with Gasteiger partial charge in [0.25, 0.3) is 5.91 Å². The van der Waals surface area contributed by atoms with Gasteiger partial charge in [-0.1, -0.05) is 12.8 Å². The average Bonchev–Trinajstić information content (AvgIpc) is 2.43. The Labute approximate surface area is 160 Å². The van der Waals surface area contributed by atoms with Gasteiger partial charge in [0.05, 0.1) is 5.56 Å². The fraction of sp³-hybridized carbons (Fsp3) is 0.500. The summed E-state index contributed by atoms with van der Waals surface area (Å²) >= 11 is 6.72. The number of amides is 1. The minimum absolute atomic E-state index is 0.0174. The van der Waals surface area contributed by atoms with Crippen LogP contribution in [0.25, 0.3) is 0 Å². The quantitative estimate of drug-likeness (QED) is 0.405. The lowest BCUT2D eigenvalue weighted by Gasteiger charge is -2.31. The third-order valence-corrected chi connectivity index (χ3v) is 7.37. The molecule has 1 amide bonds. The predicted octanol–water partition coefficient (Wildman–Crippen LogP) is 3.78. The summed E-state index contributed by atoms with van der Waals surface area (Å²) in [5.41, 5.74) is 0.740. The second kappa shape index (κ2) is 7.91. The lowest BCUT2D eigenvalue weighted by molar-refractivity contribution is 0.0871. The highest BCUT2D eigenvalue weighted by atomic mass is 127. The van der Waals surface area contributed by atoms with Gasteiger partial charge in [-0.2, -0.15) is 0 Å².